The van der Waals surface area contributed by atoms with Gasteiger partial charge in [0.25, 0.3) is 0 Å². The number of anilines is 1. The van der Waals surface area contributed by atoms with Gasteiger partial charge in [-0.2, -0.15) is 0 Å². The maximum atomic E-state index is 13.5. The first kappa shape index (κ1) is 13.0. The molecule has 1 heterocycles. The minimum atomic E-state index is -0.274. The molecule has 0 spiro atoms. The Morgan fingerprint density at radius 2 is 1.95 bits per heavy atom. The molecule has 0 atom stereocenters. The lowest BCUT2D eigenvalue weighted by Gasteiger charge is -2.18. The summed E-state index contributed by atoms with van der Waals surface area (Å²) in [7, 11) is 0. The second kappa shape index (κ2) is 5.17. The molecule has 20 heavy (non-hydrogen) atoms. The molecule has 0 amide bonds. The second-order valence-corrected chi connectivity index (χ2v) is 5.19. The molecule has 1 aromatic heterocycles. The van der Waals surface area contributed by atoms with E-state index in [1.807, 2.05) is 13.0 Å². The molecular weight excluding hydrogens is 255 g/mol. The van der Waals surface area contributed by atoms with Crippen LogP contribution in [0.25, 0.3) is 11.4 Å². The maximum Gasteiger partial charge on any atom is 0.161 e. The average Bonchev–Trinajstić information content (AvgIpc) is 2.45. The Hall–Kier alpha value is -2.01. The van der Waals surface area contributed by atoms with Crippen LogP contribution in [-0.2, 0) is 12.8 Å². The van der Waals surface area contributed by atoms with Gasteiger partial charge < -0.3 is 5.43 Å². The minimum absolute atomic E-state index is 0.274. The van der Waals surface area contributed by atoms with E-state index in [1.165, 1.54) is 12.1 Å². The summed E-state index contributed by atoms with van der Waals surface area (Å²) in [6.07, 6.45) is 4.12. The number of nitrogens with one attached hydrogen (secondary N) is 1. The van der Waals surface area contributed by atoms with Gasteiger partial charge in [-0.3, -0.25) is 0 Å². The summed E-state index contributed by atoms with van der Waals surface area (Å²) < 4.78 is 13.5. The zero-order valence-electron chi connectivity index (χ0n) is 11.4. The molecule has 0 radical (unpaired) electrons. The fourth-order valence-corrected chi connectivity index (χ4v) is 2.71. The number of rotatable bonds is 2. The number of aryl methyl sites for hydroxylation is 2. The minimum Gasteiger partial charge on any atom is -0.308 e. The number of hydrazine groups is 1. The third-order valence-corrected chi connectivity index (χ3v) is 3.62. The lowest BCUT2D eigenvalue weighted by atomic mass is 9.96. The molecule has 1 aromatic carbocycles. The van der Waals surface area contributed by atoms with E-state index in [-0.39, 0.29) is 5.82 Å². The van der Waals surface area contributed by atoms with E-state index in [9.17, 15) is 4.39 Å². The van der Waals surface area contributed by atoms with E-state index in [0.29, 0.717) is 17.2 Å². The Labute approximate surface area is 117 Å². The van der Waals surface area contributed by atoms with Gasteiger partial charge in [-0.15, -0.1) is 0 Å². The molecule has 1 aliphatic carbocycles. The third-order valence-electron chi connectivity index (χ3n) is 3.62. The number of fused-ring (bicyclic) bond motifs is 1. The predicted molar refractivity (Wildman–Crippen MR) is 76.6 cm³/mol. The molecule has 104 valence electrons. The van der Waals surface area contributed by atoms with Crippen molar-refractivity contribution in [2.75, 3.05) is 5.43 Å². The number of nitrogen functional groups attached to an aromatic ring is 1. The Bertz CT molecular complexity index is 617. The number of nitrogens with zero attached hydrogens (tertiary/aromatic N) is 2. The van der Waals surface area contributed by atoms with Crippen molar-refractivity contribution in [3.05, 3.63) is 40.8 Å². The first-order chi connectivity index (χ1) is 9.67. The zero-order chi connectivity index (χ0) is 14.1. The summed E-state index contributed by atoms with van der Waals surface area (Å²) in [5.74, 6) is 6.48. The van der Waals surface area contributed by atoms with Crippen molar-refractivity contribution in [2.24, 2.45) is 5.84 Å². The first-order valence-electron chi connectivity index (χ1n) is 6.81. The van der Waals surface area contributed by atoms with Gasteiger partial charge in [-0.1, -0.05) is 0 Å². The predicted octanol–water partition coefficient (Wildman–Crippen LogP) is 2.76. The number of benzene rings is 1. The molecule has 0 bridgehead atoms. The Morgan fingerprint density at radius 3 is 2.70 bits per heavy atom. The lowest BCUT2D eigenvalue weighted by molar-refractivity contribution is 0.626. The van der Waals surface area contributed by atoms with Crippen LogP contribution in [0.2, 0.25) is 0 Å². The largest absolute Gasteiger partial charge is 0.308 e. The number of aromatic nitrogens is 2. The molecule has 5 heteroatoms. The van der Waals surface area contributed by atoms with Crippen molar-refractivity contribution in [3.63, 3.8) is 0 Å². The zero-order valence-corrected chi connectivity index (χ0v) is 11.4. The third kappa shape index (κ3) is 2.36. The van der Waals surface area contributed by atoms with Gasteiger partial charge in [-0.25, -0.2) is 20.2 Å². The number of hydrogen-bond donors (Lipinski definition) is 2. The van der Waals surface area contributed by atoms with Crippen LogP contribution in [0.15, 0.2) is 18.2 Å². The van der Waals surface area contributed by atoms with E-state index in [0.717, 1.165) is 42.5 Å². The van der Waals surface area contributed by atoms with Crippen LogP contribution in [0.4, 0.5) is 10.2 Å². The van der Waals surface area contributed by atoms with Crippen molar-refractivity contribution >= 4 is 5.82 Å². The van der Waals surface area contributed by atoms with Gasteiger partial charge >= 0.3 is 0 Å². The highest BCUT2D eigenvalue weighted by Crippen LogP contribution is 2.28. The molecule has 0 saturated carbocycles. The number of nitrogens with two attached hydrogens (primary N) is 1. The fourth-order valence-electron chi connectivity index (χ4n) is 2.71. The van der Waals surface area contributed by atoms with Crippen LogP contribution in [-0.4, -0.2) is 9.97 Å². The summed E-state index contributed by atoms with van der Waals surface area (Å²) in [6, 6.07) is 4.83. The molecule has 0 unspecified atom stereocenters. The molecular formula is C15H17FN4. The molecule has 0 fully saturated rings. The molecule has 0 aliphatic heterocycles. The normalized spacial score (nSPS) is 13.9. The highest BCUT2D eigenvalue weighted by Gasteiger charge is 2.18. The highest BCUT2D eigenvalue weighted by molar-refractivity contribution is 5.61. The molecule has 4 nitrogen and oxygen atoms in total. The first-order valence-corrected chi connectivity index (χ1v) is 6.81. The van der Waals surface area contributed by atoms with Crippen molar-refractivity contribution < 1.29 is 4.39 Å². The van der Waals surface area contributed by atoms with Gasteiger partial charge in [0.1, 0.15) is 11.6 Å². The van der Waals surface area contributed by atoms with Crippen molar-refractivity contribution in [2.45, 2.75) is 32.6 Å². The fraction of sp³-hybridized carbons (Fsp3) is 0.333. The standard InChI is InChI=1S/C15H17FN4/c1-9-6-10(8-11(16)7-9)14-18-13-5-3-2-4-12(13)15(19-14)20-17/h6-8H,2-5,17H2,1H3,(H,18,19,20). The van der Waals surface area contributed by atoms with Crippen molar-refractivity contribution in [1.29, 1.82) is 0 Å². The van der Waals surface area contributed by atoms with Gasteiger partial charge in [-0.05, 0) is 56.4 Å². The van der Waals surface area contributed by atoms with Gasteiger partial charge in [0.2, 0.25) is 0 Å². The average molecular weight is 272 g/mol. The SMILES string of the molecule is Cc1cc(F)cc(-c2nc3c(c(NN)n2)CCCC3)c1. The Morgan fingerprint density at radius 1 is 1.15 bits per heavy atom. The van der Waals surface area contributed by atoms with Gasteiger partial charge in [0.15, 0.2) is 5.82 Å². The lowest BCUT2D eigenvalue weighted by Crippen LogP contribution is -2.17. The van der Waals surface area contributed by atoms with Gasteiger partial charge in [0, 0.05) is 16.8 Å². The quantitative estimate of drug-likeness (QED) is 0.652. The van der Waals surface area contributed by atoms with Crippen molar-refractivity contribution in [1.82, 2.24) is 9.97 Å². The smallest absolute Gasteiger partial charge is 0.161 e. The van der Waals surface area contributed by atoms with Crippen molar-refractivity contribution in [3.8, 4) is 11.4 Å². The van der Waals surface area contributed by atoms with E-state index in [2.05, 4.69) is 15.4 Å². The highest BCUT2D eigenvalue weighted by atomic mass is 19.1. The summed E-state index contributed by atoms with van der Waals surface area (Å²) in [5, 5.41) is 0. The molecule has 0 saturated heterocycles. The Balaban J connectivity index is 2.14. The van der Waals surface area contributed by atoms with Crippen LogP contribution in [0, 0.1) is 12.7 Å². The van der Waals surface area contributed by atoms with Gasteiger partial charge in [0.05, 0.1) is 0 Å². The summed E-state index contributed by atoms with van der Waals surface area (Å²) in [5.41, 5.74) is 6.30. The maximum absolute atomic E-state index is 13.5. The topological polar surface area (TPSA) is 63.8 Å². The van der Waals surface area contributed by atoms with Crippen LogP contribution in [0.3, 0.4) is 0 Å². The number of hydrogen-bond acceptors (Lipinski definition) is 4. The summed E-state index contributed by atoms with van der Waals surface area (Å²) >= 11 is 0. The van der Waals surface area contributed by atoms with E-state index in [1.54, 1.807) is 0 Å². The number of halogens is 1. The summed E-state index contributed by atoms with van der Waals surface area (Å²) in [4.78, 5) is 9.04. The second-order valence-electron chi connectivity index (χ2n) is 5.19. The molecule has 1 aliphatic rings. The van der Waals surface area contributed by atoms with Crippen LogP contribution in [0.5, 0.6) is 0 Å². The molecule has 3 rings (SSSR count). The molecule has 3 N–H and O–H groups in total. The van der Waals surface area contributed by atoms with E-state index in [4.69, 9.17) is 5.84 Å². The molecule has 2 aromatic rings. The van der Waals surface area contributed by atoms with Crippen LogP contribution >= 0.6 is 0 Å². The van der Waals surface area contributed by atoms with Crippen LogP contribution < -0.4 is 11.3 Å². The Kier molecular flexibility index (Phi) is 3.36. The summed E-state index contributed by atoms with van der Waals surface area (Å²) in [6.45, 7) is 1.85. The van der Waals surface area contributed by atoms with E-state index < -0.39 is 0 Å². The monoisotopic (exact) mass is 272 g/mol. The van der Waals surface area contributed by atoms with E-state index >= 15 is 0 Å². The van der Waals surface area contributed by atoms with Crippen LogP contribution in [0.1, 0.15) is 29.7 Å².